The number of piperazine rings is 1. The normalized spacial score (nSPS) is 19.9. The third kappa shape index (κ3) is 9.68. The monoisotopic (exact) mass is 730 g/mol. The Hall–Kier alpha value is -4.62. The van der Waals surface area contributed by atoms with Crippen LogP contribution in [-0.2, 0) is 31.9 Å². The topological polar surface area (TPSA) is 135 Å². The highest BCUT2D eigenvalue weighted by Crippen LogP contribution is 2.27. The number of phenolic OH excluding ortho intramolecular Hbond substituents is 1. The van der Waals surface area contributed by atoms with Gasteiger partial charge in [0.25, 0.3) is 5.91 Å². The van der Waals surface area contributed by atoms with E-state index < -0.39 is 12.2 Å². The first-order valence-corrected chi connectivity index (χ1v) is 19.2. The summed E-state index contributed by atoms with van der Waals surface area (Å²) in [6.45, 7) is 12.9. The molecular weight excluding hydrogens is 676 g/mol. The number of para-hydroxylation sites is 1. The fourth-order valence-corrected chi connectivity index (χ4v) is 8.07. The van der Waals surface area contributed by atoms with Crippen LogP contribution >= 0.6 is 0 Å². The van der Waals surface area contributed by atoms with Crippen LogP contribution in [0.15, 0.2) is 49.0 Å². The summed E-state index contributed by atoms with van der Waals surface area (Å²) in [5.74, 6) is -0.280. The quantitative estimate of drug-likeness (QED) is 0.327. The molecule has 4 aliphatic rings. The Morgan fingerprint density at radius 2 is 1.62 bits per heavy atom. The number of ether oxygens (including phenoxy) is 2. The van der Waals surface area contributed by atoms with Crippen molar-refractivity contribution in [1.29, 1.82) is 0 Å². The van der Waals surface area contributed by atoms with Crippen molar-refractivity contribution in [3.8, 4) is 5.75 Å². The summed E-state index contributed by atoms with van der Waals surface area (Å²) in [7, 11) is 0. The van der Waals surface area contributed by atoms with Crippen molar-refractivity contribution in [2.45, 2.75) is 70.1 Å². The average molecular weight is 731 g/mol. The van der Waals surface area contributed by atoms with Crippen LogP contribution in [0.2, 0.25) is 0 Å². The minimum atomic E-state index is -1.03. The molecule has 0 bridgehead atoms. The van der Waals surface area contributed by atoms with E-state index in [-0.39, 0.29) is 36.1 Å². The second-order valence-electron chi connectivity index (χ2n) is 14.4. The van der Waals surface area contributed by atoms with Gasteiger partial charge in [0, 0.05) is 95.2 Å². The molecule has 2 aromatic rings. The molecule has 2 N–H and O–H groups in total. The largest absolute Gasteiger partial charge is 0.507 e. The maximum absolute atomic E-state index is 14.1. The maximum Gasteiger partial charge on any atom is 0.410 e. The number of carbonyl (C=O) groups is 4. The van der Waals surface area contributed by atoms with Gasteiger partial charge in [0.15, 0.2) is 6.10 Å². The number of nitrogens with zero attached hydrogens (tertiary/aromatic N) is 5. The molecule has 0 radical (unpaired) electrons. The number of carbonyl (C=O) groups excluding carboxylic acids is 4. The molecule has 3 fully saturated rings. The summed E-state index contributed by atoms with van der Waals surface area (Å²) in [6, 6.07) is 13.2. The van der Waals surface area contributed by atoms with Gasteiger partial charge in [-0.05, 0) is 68.4 Å². The number of piperidine rings is 2. The van der Waals surface area contributed by atoms with Gasteiger partial charge >= 0.3 is 18.1 Å². The van der Waals surface area contributed by atoms with Crippen LogP contribution in [0, 0.1) is 0 Å². The molecule has 4 aliphatic heterocycles. The summed E-state index contributed by atoms with van der Waals surface area (Å²) in [5.41, 5.74) is 3.26. The summed E-state index contributed by atoms with van der Waals surface area (Å²) in [5, 5.41) is 13.3. The lowest BCUT2D eigenvalue weighted by atomic mass is 9.99. The lowest BCUT2D eigenvalue weighted by Gasteiger charge is -2.43. The molecule has 13 nitrogen and oxygen atoms in total. The van der Waals surface area contributed by atoms with Crippen molar-refractivity contribution in [3.63, 3.8) is 0 Å². The van der Waals surface area contributed by atoms with Crippen LogP contribution in [0.1, 0.15) is 55.7 Å². The second kappa shape index (κ2) is 17.9. The lowest BCUT2D eigenvalue weighted by molar-refractivity contribution is -0.144. The molecule has 0 saturated carbocycles. The van der Waals surface area contributed by atoms with E-state index in [1.807, 2.05) is 41.0 Å². The van der Waals surface area contributed by atoms with Gasteiger partial charge in [-0.3, -0.25) is 14.5 Å². The zero-order valence-electron chi connectivity index (χ0n) is 30.9. The van der Waals surface area contributed by atoms with E-state index in [1.54, 1.807) is 29.2 Å². The van der Waals surface area contributed by atoms with Crippen LogP contribution < -0.4 is 5.32 Å². The van der Waals surface area contributed by atoms with E-state index >= 15 is 0 Å². The number of aromatic hydroxyl groups is 1. The number of likely N-dealkylation sites (tertiary alicyclic amines) is 2. The van der Waals surface area contributed by atoms with E-state index in [2.05, 4.69) is 21.7 Å². The Labute approximate surface area is 312 Å². The third-order valence-corrected chi connectivity index (χ3v) is 11.2. The fraction of sp³-hybridized carbons (Fsp3) is 0.550. The highest BCUT2D eigenvalue weighted by Gasteiger charge is 2.36. The number of benzene rings is 2. The summed E-state index contributed by atoms with van der Waals surface area (Å²) in [4.78, 5) is 62.8. The second-order valence-corrected chi connectivity index (χ2v) is 14.4. The molecule has 0 aliphatic carbocycles. The first kappa shape index (κ1) is 38.1. The molecule has 1 atom stereocenters. The van der Waals surface area contributed by atoms with Crippen LogP contribution in [-0.4, -0.2) is 144 Å². The van der Waals surface area contributed by atoms with E-state index in [0.29, 0.717) is 76.7 Å². The Bertz CT molecular complexity index is 1610. The number of rotatable bonds is 11. The van der Waals surface area contributed by atoms with Gasteiger partial charge in [0.1, 0.15) is 5.75 Å². The Morgan fingerprint density at radius 1 is 0.925 bits per heavy atom. The number of fused-ring (bicyclic) bond motifs is 1. The van der Waals surface area contributed by atoms with Crippen molar-refractivity contribution in [3.05, 3.63) is 65.7 Å². The number of amides is 4. The Balaban J connectivity index is 1.03. The van der Waals surface area contributed by atoms with Crippen molar-refractivity contribution in [2.75, 3.05) is 77.4 Å². The summed E-state index contributed by atoms with van der Waals surface area (Å²) < 4.78 is 11.1. The van der Waals surface area contributed by atoms with Crippen molar-refractivity contribution >= 4 is 35.8 Å². The minimum absolute atomic E-state index is 0.00557. The fourth-order valence-electron chi connectivity index (χ4n) is 8.07. The summed E-state index contributed by atoms with van der Waals surface area (Å²) >= 11 is 0. The molecule has 53 heavy (non-hydrogen) atoms. The molecule has 4 amide bonds. The van der Waals surface area contributed by atoms with Gasteiger partial charge in [0.05, 0.1) is 13.0 Å². The average Bonchev–Trinajstić information content (AvgIpc) is 3.35. The first-order chi connectivity index (χ1) is 25.7. The molecule has 0 aromatic heterocycles. The molecule has 13 heteroatoms. The highest BCUT2D eigenvalue weighted by atomic mass is 16.6. The van der Waals surface area contributed by atoms with Crippen molar-refractivity contribution in [2.24, 2.45) is 0 Å². The van der Waals surface area contributed by atoms with E-state index in [0.717, 1.165) is 62.3 Å². The first-order valence-electron chi connectivity index (χ1n) is 19.2. The van der Waals surface area contributed by atoms with Gasteiger partial charge in [-0.2, -0.15) is 0 Å². The molecule has 286 valence electrons. The van der Waals surface area contributed by atoms with Crippen LogP contribution in [0.4, 0.5) is 15.3 Å². The van der Waals surface area contributed by atoms with Crippen molar-refractivity contribution < 1.29 is 33.8 Å². The van der Waals surface area contributed by atoms with Gasteiger partial charge in [-0.15, -0.1) is 0 Å². The maximum atomic E-state index is 14.1. The van der Waals surface area contributed by atoms with Gasteiger partial charge < -0.3 is 39.5 Å². The molecule has 2 aromatic carbocycles. The highest BCUT2D eigenvalue weighted by molar-refractivity contribution is 5.91. The molecule has 6 rings (SSSR count). The smallest absolute Gasteiger partial charge is 0.410 e. The Morgan fingerprint density at radius 3 is 2.34 bits per heavy atom. The number of hydrogen-bond donors (Lipinski definition) is 2. The number of anilines is 1. The number of phenols is 1. The van der Waals surface area contributed by atoms with E-state index in [4.69, 9.17) is 9.47 Å². The Kier molecular flexibility index (Phi) is 12.9. The van der Waals surface area contributed by atoms with Gasteiger partial charge in [-0.1, -0.05) is 36.9 Å². The number of esters is 1. The number of hydrogen-bond acceptors (Lipinski definition) is 9. The standard InChI is InChI=1S/C40H54N6O7/c1-3-30-27-29(9-10-35(30)47)28-36(38(49)44-18-12-32(13-19-44)43-25-23-42(24-26-43)17-16-37(48)52-4-2)53-40(51)45-20-14-33(15-21-45)46-22-11-31-7-5-6-8-34(31)41-39(46)50/h3,5-10,27,32-33,36,47H,1,4,11-26,28H2,2H3,(H,41,50)/t36-/m1/s1. The number of nitrogens with one attached hydrogen (secondary N) is 1. The zero-order chi connectivity index (χ0) is 37.3. The molecule has 3 saturated heterocycles. The lowest BCUT2D eigenvalue weighted by Crippen LogP contribution is -2.55. The third-order valence-electron chi connectivity index (χ3n) is 11.2. The van der Waals surface area contributed by atoms with Gasteiger partial charge in [0.2, 0.25) is 0 Å². The zero-order valence-corrected chi connectivity index (χ0v) is 30.9. The van der Waals surface area contributed by atoms with E-state index in [9.17, 15) is 24.3 Å². The van der Waals surface area contributed by atoms with E-state index in [1.165, 1.54) is 0 Å². The van der Waals surface area contributed by atoms with Crippen LogP contribution in [0.25, 0.3) is 6.08 Å². The van der Waals surface area contributed by atoms with Gasteiger partial charge in [-0.25, -0.2) is 9.59 Å². The number of urea groups is 1. The molecule has 0 unspecified atom stereocenters. The predicted octanol–water partition coefficient (Wildman–Crippen LogP) is 4.20. The molecule has 4 heterocycles. The predicted molar refractivity (Wildman–Crippen MR) is 202 cm³/mol. The molecule has 0 spiro atoms. The molecular formula is C40H54N6O7. The van der Waals surface area contributed by atoms with Crippen molar-refractivity contribution in [1.82, 2.24) is 24.5 Å². The summed E-state index contributed by atoms with van der Waals surface area (Å²) in [6.07, 6.45) is 4.23. The van der Waals surface area contributed by atoms with Crippen LogP contribution in [0.3, 0.4) is 0 Å². The van der Waals surface area contributed by atoms with Crippen LogP contribution in [0.5, 0.6) is 5.75 Å². The minimum Gasteiger partial charge on any atom is -0.507 e. The SMILES string of the molecule is C=Cc1cc(C[C@@H](OC(=O)N2CCC(N3CCc4ccccc4NC3=O)CC2)C(=O)N2CCC(N3CCN(CCC(=O)OCC)CC3)CC2)ccc1O.